The molecule has 0 spiro atoms. The smallest absolute Gasteiger partial charge is 0.123 e. The topological polar surface area (TPSA) is 75.3 Å². The van der Waals surface area contributed by atoms with Crippen LogP contribution in [-0.4, -0.2) is 17.9 Å². The molecule has 0 unspecified atom stereocenters. The number of hydrazine groups is 1. The number of aromatic nitrogens is 1. The normalized spacial score (nSPS) is 11.6. The van der Waals surface area contributed by atoms with E-state index in [-0.39, 0.29) is 0 Å². The standard InChI is InChI=1S/C11H19N5/c1-7-8(2)15-11(12)5-10(7)6-14-9(3)16-13-4/h5,13H,6H2,1-4H3,(H2,12,15)(H,14,16). The molecule has 0 bridgehead atoms. The van der Waals surface area contributed by atoms with Crippen LogP contribution in [0.1, 0.15) is 23.7 Å². The van der Waals surface area contributed by atoms with Gasteiger partial charge in [-0.25, -0.2) is 10.4 Å². The van der Waals surface area contributed by atoms with Crippen LogP contribution in [0, 0.1) is 13.8 Å². The highest BCUT2D eigenvalue weighted by Crippen LogP contribution is 2.15. The van der Waals surface area contributed by atoms with E-state index in [9.17, 15) is 0 Å². The maximum Gasteiger partial charge on any atom is 0.123 e. The zero-order chi connectivity index (χ0) is 12.1. The predicted octanol–water partition coefficient (Wildman–Crippen LogP) is 0.923. The van der Waals surface area contributed by atoms with Crippen molar-refractivity contribution in [2.24, 2.45) is 4.99 Å². The van der Waals surface area contributed by atoms with Crippen molar-refractivity contribution in [3.8, 4) is 0 Å². The first kappa shape index (κ1) is 12.4. The second-order valence-corrected chi connectivity index (χ2v) is 3.69. The maximum atomic E-state index is 5.71. The van der Waals surface area contributed by atoms with Gasteiger partial charge in [-0.1, -0.05) is 0 Å². The molecule has 0 saturated heterocycles. The molecule has 0 fully saturated rings. The molecular formula is C11H19N5. The van der Waals surface area contributed by atoms with E-state index >= 15 is 0 Å². The summed E-state index contributed by atoms with van der Waals surface area (Å²) in [7, 11) is 1.80. The third-order valence-electron chi connectivity index (χ3n) is 2.44. The number of pyridine rings is 1. The quantitative estimate of drug-likeness (QED) is 0.403. The number of hydrogen-bond donors (Lipinski definition) is 3. The van der Waals surface area contributed by atoms with Crippen LogP contribution < -0.4 is 16.6 Å². The monoisotopic (exact) mass is 221 g/mol. The zero-order valence-corrected chi connectivity index (χ0v) is 10.3. The Balaban J connectivity index is 2.85. The van der Waals surface area contributed by atoms with Gasteiger partial charge in [0.1, 0.15) is 11.7 Å². The fraction of sp³-hybridized carbons (Fsp3) is 0.455. The highest BCUT2D eigenvalue weighted by Gasteiger charge is 2.03. The van der Waals surface area contributed by atoms with Crippen molar-refractivity contribution in [1.82, 2.24) is 15.8 Å². The van der Waals surface area contributed by atoms with Crippen molar-refractivity contribution in [3.63, 3.8) is 0 Å². The highest BCUT2D eigenvalue weighted by atomic mass is 15.4. The Hall–Kier alpha value is -1.62. The minimum atomic E-state index is 0.549. The molecule has 5 heteroatoms. The number of nitrogens with one attached hydrogen (secondary N) is 2. The molecule has 5 nitrogen and oxygen atoms in total. The lowest BCUT2D eigenvalue weighted by Gasteiger charge is -2.08. The molecule has 4 N–H and O–H groups in total. The lowest BCUT2D eigenvalue weighted by molar-refractivity contribution is 0.758. The van der Waals surface area contributed by atoms with Crippen LogP contribution >= 0.6 is 0 Å². The first-order valence-corrected chi connectivity index (χ1v) is 5.21. The molecule has 0 aliphatic heterocycles. The third kappa shape index (κ3) is 3.20. The van der Waals surface area contributed by atoms with Gasteiger partial charge >= 0.3 is 0 Å². The van der Waals surface area contributed by atoms with E-state index in [0.717, 1.165) is 22.7 Å². The first-order chi connectivity index (χ1) is 7.54. The van der Waals surface area contributed by atoms with Crippen molar-refractivity contribution in [1.29, 1.82) is 0 Å². The number of nitrogens with zero attached hydrogens (tertiary/aromatic N) is 2. The summed E-state index contributed by atoms with van der Waals surface area (Å²) in [6.07, 6.45) is 0. The summed E-state index contributed by atoms with van der Waals surface area (Å²) in [6.45, 7) is 6.51. The van der Waals surface area contributed by atoms with Gasteiger partial charge in [0.2, 0.25) is 0 Å². The molecule has 0 aliphatic rings. The van der Waals surface area contributed by atoms with E-state index < -0.39 is 0 Å². The zero-order valence-electron chi connectivity index (χ0n) is 10.3. The van der Waals surface area contributed by atoms with Crippen molar-refractivity contribution >= 4 is 11.7 Å². The lowest BCUT2D eigenvalue weighted by Crippen LogP contribution is -2.32. The van der Waals surface area contributed by atoms with Gasteiger partial charge in [-0.15, -0.1) is 0 Å². The number of anilines is 1. The minimum Gasteiger partial charge on any atom is -0.384 e. The number of nitrogen functional groups attached to an aromatic ring is 1. The lowest BCUT2D eigenvalue weighted by atomic mass is 10.1. The van der Waals surface area contributed by atoms with E-state index in [4.69, 9.17) is 5.73 Å². The number of aryl methyl sites for hydroxylation is 1. The van der Waals surface area contributed by atoms with E-state index in [2.05, 4.69) is 20.8 Å². The van der Waals surface area contributed by atoms with E-state index in [0.29, 0.717) is 12.4 Å². The number of nitrogens with two attached hydrogens (primary N) is 1. The van der Waals surface area contributed by atoms with Gasteiger partial charge in [-0.05, 0) is 38.0 Å². The van der Waals surface area contributed by atoms with Crippen LogP contribution in [0.5, 0.6) is 0 Å². The minimum absolute atomic E-state index is 0.549. The van der Waals surface area contributed by atoms with Crippen LogP contribution in [0.4, 0.5) is 5.82 Å². The summed E-state index contributed by atoms with van der Waals surface area (Å²) >= 11 is 0. The number of amidine groups is 1. The Morgan fingerprint density at radius 1 is 1.50 bits per heavy atom. The molecule has 1 aromatic rings. The van der Waals surface area contributed by atoms with E-state index in [1.807, 2.05) is 26.8 Å². The van der Waals surface area contributed by atoms with Gasteiger partial charge in [0.25, 0.3) is 0 Å². The van der Waals surface area contributed by atoms with Crippen molar-refractivity contribution < 1.29 is 0 Å². The van der Waals surface area contributed by atoms with Crippen molar-refractivity contribution in [2.75, 3.05) is 12.8 Å². The third-order valence-corrected chi connectivity index (χ3v) is 2.44. The average Bonchev–Trinajstić information content (AvgIpc) is 2.21. The summed E-state index contributed by atoms with van der Waals surface area (Å²) in [5, 5.41) is 0. The summed E-state index contributed by atoms with van der Waals surface area (Å²) in [5.41, 5.74) is 14.7. The average molecular weight is 221 g/mol. The fourth-order valence-electron chi connectivity index (χ4n) is 1.42. The summed E-state index contributed by atoms with van der Waals surface area (Å²) in [5.74, 6) is 1.39. The highest BCUT2D eigenvalue weighted by molar-refractivity contribution is 5.78. The number of rotatable bonds is 3. The summed E-state index contributed by atoms with van der Waals surface area (Å²) in [6, 6.07) is 1.87. The summed E-state index contributed by atoms with van der Waals surface area (Å²) < 4.78 is 0. The van der Waals surface area contributed by atoms with Gasteiger partial charge < -0.3 is 11.2 Å². The Bertz CT molecular complexity index is 398. The van der Waals surface area contributed by atoms with Crippen LogP contribution in [0.3, 0.4) is 0 Å². The molecule has 0 aromatic carbocycles. The van der Waals surface area contributed by atoms with Gasteiger partial charge in [0.15, 0.2) is 0 Å². The fourth-order valence-corrected chi connectivity index (χ4v) is 1.42. The Morgan fingerprint density at radius 2 is 2.19 bits per heavy atom. The molecular weight excluding hydrogens is 202 g/mol. The van der Waals surface area contributed by atoms with Gasteiger partial charge in [-0.3, -0.25) is 4.99 Å². The van der Waals surface area contributed by atoms with Crippen LogP contribution in [0.2, 0.25) is 0 Å². The molecule has 1 heterocycles. The Kier molecular flexibility index (Phi) is 4.25. The molecule has 0 saturated carbocycles. The summed E-state index contributed by atoms with van der Waals surface area (Å²) in [4.78, 5) is 8.59. The van der Waals surface area contributed by atoms with Crippen LogP contribution in [0.15, 0.2) is 11.1 Å². The van der Waals surface area contributed by atoms with E-state index in [1.54, 1.807) is 7.05 Å². The molecule has 1 aromatic heterocycles. The van der Waals surface area contributed by atoms with Crippen LogP contribution in [0.25, 0.3) is 0 Å². The largest absolute Gasteiger partial charge is 0.384 e. The SMILES string of the molecule is CNNC(C)=NCc1cc(N)nc(C)c1C. The molecule has 16 heavy (non-hydrogen) atoms. The molecule has 88 valence electrons. The molecule has 0 atom stereocenters. The molecule has 0 aliphatic carbocycles. The van der Waals surface area contributed by atoms with Crippen LogP contribution in [-0.2, 0) is 6.54 Å². The first-order valence-electron chi connectivity index (χ1n) is 5.21. The van der Waals surface area contributed by atoms with Gasteiger partial charge in [0.05, 0.1) is 6.54 Å². The van der Waals surface area contributed by atoms with Crippen molar-refractivity contribution in [3.05, 3.63) is 22.9 Å². The molecule has 0 amide bonds. The second kappa shape index (κ2) is 5.46. The second-order valence-electron chi connectivity index (χ2n) is 3.69. The number of aliphatic imine (C=N–C) groups is 1. The van der Waals surface area contributed by atoms with E-state index in [1.165, 1.54) is 0 Å². The Morgan fingerprint density at radius 3 is 2.81 bits per heavy atom. The molecule has 0 radical (unpaired) electrons. The predicted molar refractivity (Wildman–Crippen MR) is 67.1 cm³/mol. The Labute approximate surface area is 96.1 Å². The molecule has 1 rings (SSSR count). The van der Waals surface area contributed by atoms with Gasteiger partial charge in [-0.2, -0.15) is 0 Å². The van der Waals surface area contributed by atoms with Gasteiger partial charge in [0, 0.05) is 12.7 Å². The van der Waals surface area contributed by atoms with Crippen molar-refractivity contribution in [2.45, 2.75) is 27.3 Å². The maximum absolute atomic E-state index is 5.71. The number of hydrogen-bond acceptors (Lipinski definition) is 4.